The van der Waals surface area contributed by atoms with Crippen molar-refractivity contribution in [2.75, 3.05) is 7.11 Å². The van der Waals surface area contributed by atoms with Gasteiger partial charge in [-0.15, -0.1) is 0 Å². The molecule has 0 atom stereocenters. The summed E-state index contributed by atoms with van der Waals surface area (Å²) in [4.78, 5) is 12.1. The molecule has 0 aliphatic rings. The van der Waals surface area contributed by atoms with Crippen LogP contribution in [0, 0.1) is 6.92 Å². The molecule has 0 radical (unpaired) electrons. The summed E-state index contributed by atoms with van der Waals surface area (Å²) < 4.78 is 6.92. The molecule has 0 spiro atoms. The highest BCUT2D eigenvalue weighted by molar-refractivity contribution is 6.06. The number of methoxy groups -OCH3 is 1. The highest BCUT2D eigenvalue weighted by Crippen LogP contribution is 2.13. The standard InChI is InChI=1S/C16H18N2O2/c1-4-18-11-14(12(2)17-18)7-10-16(19)13-5-8-15(20-3)9-6-13/h5-11H,4H2,1-3H3/b10-7+. The van der Waals surface area contributed by atoms with Gasteiger partial charge in [-0.25, -0.2) is 0 Å². The number of ketones is 1. The lowest BCUT2D eigenvalue weighted by Gasteiger charge is -1.99. The Balaban J connectivity index is 2.13. The summed E-state index contributed by atoms with van der Waals surface area (Å²) in [5.74, 6) is 0.710. The number of aryl methyl sites for hydroxylation is 2. The number of allylic oxidation sites excluding steroid dienone is 1. The first-order valence-corrected chi connectivity index (χ1v) is 6.54. The van der Waals surface area contributed by atoms with Crippen molar-refractivity contribution in [3.05, 3.63) is 53.4 Å². The molecule has 104 valence electrons. The Morgan fingerprint density at radius 3 is 2.60 bits per heavy atom. The largest absolute Gasteiger partial charge is 0.497 e. The number of benzene rings is 1. The van der Waals surface area contributed by atoms with Crippen LogP contribution in [-0.2, 0) is 6.54 Å². The van der Waals surface area contributed by atoms with E-state index in [1.165, 1.54) is 0 Å². The van der Waals surface area contributed by atoms with Gasteiger partial charge in [-0.1, -0.05) is 0 Å². The van der Waals surface area contributed by atoms with Crippen LogP contribution in [0.1, 0.15) is 28.5 Å². The van der Waals surface area contributed by atoms with Crippen LogP contribution in [0.15, 0.2) is 36.5 Å². The fourth-order valence-corrected chi connectivity index (χ4v) is 1.88. The van der Waals surface area contributed by atoms with Gasteiger partial charge in [0.25, 0.3) is 0 Å². The number of carbonyl (C=O) groups excluding carboxylic acids is 1. The van der Waals surface area contributed by atoms with Gasteiger partial charge in [0.15, 0.2) is 5.78 Å². The van der Waals surface area contributed by atoms with Gasteiger partial charge in [-0.3, -0.25) is 9.48 Å². The number of hydrogen-bond donors (Lipinski definition) is 0. The van der Waals surface area contributed by atoms with Crippen LogP contribution in [-0.4, -0.2) is 22.7 Å². The molecular formula is C16H18N2O2. The lowest BCUT2D eigenvalue weighted by Crippen LogP contribution is -1.94. The summed E-state index contributed by atoms with van der Waals surface area (Å²) in [5, 5.41) is 4.34. The molecule has 0 aliphatic heterocycles. The molecule has 0 amide bonds. The molecule has 0 aliphatic carbocycles. The first kappa shape index (κ1) is 14.1. The van der Waals surface area contributed by atoms with E-state index in [0.717, 1.165) is 23.6 Å². The van der Waals surface area contributed by atoms with Gasteiger partial charge >= 0.3 is 0 Å². The van der Waals surface area contributed by atoms with Gasteiger partial charge in [0, 0.05) is 23.9 Å². The third kappa shape index (κ3) is 3.15. The molecule has 20 heavy (non-hydrogen) atoms. The summed E-state index contributed by atoms with van der Waals surface area (Å²) in [6.45, 7) is 4.78. The first-order chi connectivity index (χ1) is 9.63. The summed E-state index contributed by atoms with van der Waals surface area (Å²) >= 11 is 0. The highest BCUT2D eigenvalue weighted by Gasteiger charge is 2.04. The van der Waals surface area contributed by atoms with E-state index >= 15 is 0 Å². The quantitative estimate of drug-likeness (QED) is 0.619. The number of aromatic nitrogens is 2. The summed E-state index contributed by atoms with van der Waals surface area (Å²) in [6, 6.07) is 7.07. The molecule has 4 heteroatoms. The summed E-state index contributed by atoms with van der Waals surface area (Å²) in [7, 11) is 1.60. The van der Waals surface area contributed by atoms with E-state index in [2.05, 4.69) is 5.10 Å². The van der Waals surface area contributed by atoms with E-state index in [1.54, 1.807) is 43.5 Å². The van der Waals surface area contributed by atoms with E-state index < -0.39 is 0 Å². The Hall–Kier alpha value is -2.36. The van der Waals surface area contributed by atoms with E-state index in [4.69, 9.17) is 4.74 Å². The number of nitrogens with zero attached hydrogens (tertiary/aromatic N) is 2. The molecule has 0 unspecified atom stereocenters. The third-order valence-corrected chi connectivity index (χ3v) is 3.10. The van der Waals surface area contributed by atoms with Crippen molar-refractivity contribution in [3.63, 3.8) is 0 Å². The van der Waals surface area contributed by atoms with Gasteiger partial charge in [0.2, 0.25) is 0 Å². The summed E-state index contributed by atoms with van der Waals surface area (Å²) in [5.41, 5.74) is 2.53. The van der Waals surface area contributed by atoms with E-state index in [-0.39, 0.29) is 5.78 Å². The van der Waals surface area contributed by atoms with Crippen LogP contribution in [0.5, 0.6) is 5.75 Å². The van der Waals surface area contributed by atoms with Crippen LogP contribution >= 0.6 is 0 Å². The van der Waals surface area contributed by atoms with Crippen LogP contribution in [0.3, 0.4) is 0 Å². The minimum absolute atomic E-state index is 0.0312. The maximum absolute atomic E-state index is 12.1. The Kier molecular flexibility index (Phi) is 4.35. The Morgan fingerprint density at radius 2 is 2.05 bits per heavy atom. The predicted molar refractivity (Wildman–Crippen MR) is 79.0 cm³/mol. The van der Waals surface area contributed by atoms with Gasteiger partial charge in [0.05, 0.1) is 12.8 Å². The first-order valence-electron chi connectivity index (χ1n) is 6.54. The summed E-state index contributed by atoms with van der Waals surface area (Å²) in [6.07, 6.45) is 5.32. The zero-order valence-electron chi connectivity index (χ0n) is 12.0. The van der Waals surface area contributed by atoms with E-state index in [9.17, 15) is 4.79 Å². The lowest BCUT2D eigenvalue weighted by atomic mass is 10.1. The molecule has 0 N–H and O–H groups in total. The second-order valence-electron chi connectivity index (χ2n) is 4.45. The number of carbonyl (C=O) groups is 1. The predicted octanol–water partition coefficient (Wildman–Crippen LogP) is 3.12. The average molecular weight is 270 g/mol. The van der Waals surface area contributed by atoms with Crippen molar-refractivity contribution in [3.8, 4) is 5.75 Å². The second kappa shape index (κ2) is 6.19. The number of rotatable bonds is 5. The van der Waals surface area contributed by atoms with E-state index in [0.29, 0.717) is 5.56 Å². The SMILES string of the molecule is CCn1cc(/C=C/C(=O)c2ccc(OC)cc2)c(C)n1. The topological polar surface area (TPSA) is 44.1 Å². The van der Waals surface area contributed by atoms with Crippen molar-refractivity contribution in [2.24, 2.45) is 0 Å². The fourth-order valence-electron chi connectivity index (χ4n) is 1.88. The van der Waals surface area contributed by atoms with E-state index in [1.807, 2.05) is 24.7 Å². The van der Waals surface area contributed by atoms with Crippen LogP contribution in [0.2, 0.25) is 0 Å². The van der Waals surface area contributed by atoms with Gasteiger partial charge in [-0.2, -0.15) is 5.10 Å². The molecule has 0 fully saturated rings. The zero-order valence-corrected chi connectivity index (χ0v) is 12.0. The number of hydrogen-bond acceptors (Lipinski definition) is 3. The molecule has 1 aromatic heterocycles. The van der Waals surface area contributed by atoms with Crippen molar-refractivity contribution >= 4 is 11.9 Å². The van der Waals surface area contributed by atoms with Crippen LogP contribution in [0.4, 0.5) is 0 Å². The molecule has 1 aromatic carbocycles. The lowest BCUT2D eigenvalue weighted by molar-refractivity contribution is 0.104. The van der Waals surface area contributed by atoms with Crippen molar-refractivity contribution in [2.45, 2.75) is 20.4 Å². The van der Waals surface area contributed by atoms with Crippen LogP contribution in [0.25, 0.3) is 6.08 Å². The van der Waals surface area contributed by atoms with Crippen molar-refractivity contribution in [1.29, 1.82) is 0 Å². The maximum Gasteiger partial charge on any atom is 0.185 e. The molecule has 2 rings (SSSR count). The maximum atomic E-state index is 12.1. The average Bonchev–Trinajstić information content (AvgIpc) is 2.85. The molecule has 1 heterocycles. The molecule has 0 saturated carbocycles. The zero-order chi connectivity index (χ0) is 14.5. The Bertz CT molecular complexity index is 624. The third-order valence-electron chi connectivity index (χ3n) is 3.10. The normalized spacial score (nSPS) is 10.9. The molecule has 2 aromatic rings. The molecule has 4 nitrogen and oxygen atoms in total. The minimum atomic E-state index is -0.0312. The fraction of sp³-hybridized carbons (Fsp3) is 0.250. The van der Waals surface area contributed by atoms with Gasteiger partial charge in [0.1, 0.15) is 5.75 Å². The molecular weight excluding hydrogens is 252 g/mol. The van der Waals surface area contributed by atoms with Crippen molar-refractivity contribution < 1.29 is 9.53 Å². The molecule has 0 bridgehead atoms. The van der Waals surface area contributed by atoms with Gasteiger partial charge in [-0.05, 0) is 50.3 Å². The minimum Gasteiger partial charge on any atom is -0.497 e. The van der Waals surface area contributed by atoms with Gasteiger partial charge < -0.3 is 4.74 Å². The van der Waals surface area contributed by atoms with Crippen molar-refractivity contribution in [1.82, 2.24) is 9.78 Å². The smallest absolute Gasteiger partial charge is 0.185 e. The Labute approximate surface area is 118 Å². The second-order valence-corrected chi connectivity index (χ2v) is 4.45. The molecule has 0 saturated heterocycles. The highest BCUT2D eigenvalue weighted by atomic mass is 16.5. The monoisotopic (exact) mass is 270 g/mol. The van der Waals surface area contributed by atoms with Crippen LogP contribution < -0.4 is 4.74 Å². The Morgan fingerprint density at radius 1 is 1.35 bits per heavy atom. The number of ether oxygens (including phenoxy) is 1.